The lowest BCUT2D eigenvalue weighted by Crippen LogP contribution is -1.99. The average molecular weight is 280 g/mol. The number of nitrogens with two attached hydrogens (primary N) is 1. The quantitative estimate of drug-likeness (QED) is 0.744. The molecule has 2 N–H and O–H groups in total. The van der Waals surface area contributed by atoms with Gasteiger partial charge in [0.05, 0.1) is 12.6 Å². The number of nitrogen functional groups attached to an aromatic ring is 1. The largest absolute Gasteiger partial charge is 0.493 e. The highest BCUT2D eigenvalue weighted by Crippen LogP contribution is 2.30. The monoisotopic (exact) mass is 280 g/mol. The van der Waals surface area contributed by atoms with E-state index in [1.54, 1.807) is 25.4 Å². The molecular formula is C17H16N2O2. The van der Waals surface area contributed by atoms with Crippen LogP contribution in [0.15, 0.2) is 54.7 Å². The molecular weight excluding hydrogens is 264 g/mol. The van der Waals surface area contributed by atoms with E-state index in [9.17, 15) is 0 Å². The van der Waals surface area contributed by atoms with E-state index in [0.717, 1.165) is 16.5 Å². The van der Waals surface area contributed by atoms with Crippen LogP contribution in [-0.2, 0) is 6.61 Å². The summed E-state index contributed by atoms with van der Waals surface area (Å²) in [6.45, 7) is 0.448. The van der Waals surface area contributed by atoms with Crippen LogP contribution in [0, 0.1) is 0 Å². The van der Waals surface area contributed by atoms with Crippen molar-refractivity contribution in [2.45, 2.75) is 6.61 Å². The molecule has 0 saturated carbocycles. The van der Waals surface area contributed by atoms with Crippen LogP contribution in [0.5, 0.6) is 11.5 Å². The van der Waals surface area contributed by atoms with Crippen molar-refractivity contribution >= 4 is 16.6 Å². The maximum Gasteiger partial charge on any atom is 0.162 e. The average Bonchev–Trinajstić information content (AvgIpc) is 2.53. The Bertz CT molecular complexity index is 766. The standard InChI is InChI=1S/C17H16N2O2/c1-20-17-10-13(18)6-7-16(17)21-11-12-8-9-19-15-5-3-2-4-14(12)15/h2-10H,11,18H2,1H3. The van der Waals surface area contributed by atoms with Crippen molar-refractivity contribution in [2.24, 2.45) is 0 Å². The fourth-order valence-corrected chi connectivity index (χ4v) is 2.24. The van der Waals surface area contributed by atoms with E-state index in [1.807, 2.05) is 36.4 Å². The molecule has 21 heavy (non-hydrogen) atoms. The third-order valence-electron chi connectivity index (χ3n) is 3.31. The summed E-state index contributed by atoms with van der Waals surface area (Å²) in [5.74, 6) is 1.31. The third kappa shape index (κ3) is 2.74. The van der Waals surface area contributed by atoms with Gasteiger partial charge in [-0.05, 0) is 24.3 Å². The lowest BCUT2D eigenvalue weighted by Gasteiger charge is -2.12. The molecule has 3 aromatic rings. The molecule has 3 rings (SSSR count). The van der Waals surface area contributed by atoms with Crippen LogP contribution >= 0.6 is 0 Å². The van der Waals surface area contributed by atoms with Gasteiger partial charge < -0.3 is 15.2 Å². The van der Waals surface area contributed by atoms with Crippen LogP contribution in [0.1, 0.15) is 5.56 Å². The van der Waals surface area contributed by atoms with E-state index in [2.05, 4.69) is 4.98 Å². The fraction of sp³-hybridized carbons (Fsp3) is 0.118. The second-order valence-corrected chi connectivity index (χ2v) is 4.69. The Morgan fingerprint density at radius 3 is 2.76 bits per heavy atom. The Labute approximate surface area is 123 Å². The first-order chi connectivity index (χ1) is 10.3. The van der Waals surface area contributed by atoms with Crippen molar-refractivity contribution in [3.8, 4) is 11.5 Å². The number of pyridine rings is 1. The van der Waals surface area contributed by atoms with Crippen molar-refractivity contribution in [2.75, 3.05) is 12.8 Å². The van der Waals surface area contributed by atoms with Gasteiger partial charge in [-0.25, -0.2) is 0 Å². The smallest absolute Gasteiger partial charge is 0.162 e. The molecule has 0 fully saturated rings. The number of benzene rings is 2. The molecule has 0 atom stereocenters. The van der Waals surface area contributed by atoms with E-state index in [1.165, 1.54) is 0 Å². The van der Waals surface area contributed by atoms with E-state index in [-0.39, 0.29) is 0 Å². The zero-order chi connectivity index (χ0) is 14.7. The van der Waals surface area contributed by atoms with Gasteiger partial charge in [-0.3, -0.25) is 4.98 Å². The minimum absolute atomic E-state index is 0.448. The van der Waals surface area contributed by atoms with Crippen molar-refractivity contribution < 1.29 is 9.47 Å². The van der Waals surface area contributed by atoms with E-state index in [0.29, 0.717) is 23.8 Å². The lowest BCUT2D eigenvalue weighted by molar-refractivity contribution is 0.286. The molecule has 0 amide bonds. The Kier molecular flexibility index (Phi) is 3.60. The molecule has 0 bridgehead atoms. The molecule has 106 valence electrons. The predicted molar refractivity (Wildman–Crippen MR) is 83.5 cm³/mol. The summed E-state index contributed by atoms with van der Waals surface area (Å²) < 4.78 is 11.2. The van der Waals surface area contributed by atoms with E-state index in [4.69, 9.17) is 15.2 Å². The van der Waals surface area contributed by atoms with Gasteiger partial charge in [0, 0.05) is 28.9 Å². The highest BCUT2D eigenvalue weighted by atomic mass is 16.5. The van der Waals surface area contributed by atoms with Crippen LogP contribution in [0.25, 0.3) is 10.9 Å². The fourth-order valence-electron chi connectivity index (χ4n) is 2.24. The molecule has 0 aliphatic carbocycles. The van der Waals surface area contributed by atoms with Gasteiger partial charge in [0.1, 0.15) is 6.61 Å². The van der Waals surface area contributed by atoms with E-state index < -0.39 is 0 Å². The van der Waals surface area contributed by atoms with Crippen LogP contribution in [0.4, 0.5) is 5.69 Å². The molecule has 1 heterocycles. The molecule has 0 aliphatic rings. The summed E-state index contributed by atoms with van der Waals surface area (Å²) in [6, 6.07) is 15.3. The summed E-state index contributed by atoms with van der Waals surface area (Å²) in [4.78, 5) is 4.35. The minimum atomic E-state index is 0.448. The van der Waals surface area contributed by atoms with Crippen molar-refractivity contribution in [3.63, 3.8) is 0 Å². The van der Waals surface area contributed by atoms with Crippen LogP contribution in [0.2, 0.25) is 0 Å². The summed E-state index contributed by atoms with van der Waals surface area (Å²) in [5, 5.41) is 1.09. The topological polar surface area (TPSA) is 57.4 Å². The van der Waals surface area contributed by atoms with Crippen molar-refractivity contribution in [1.82, 2.24) is 4.98 Å². The van der Waals surface area contributed by atoms with Gasteiger partial charge >= 0.3 is 0 Å². The Morgan fingerprint density at radius 1 is 1.05 bits per heavy atom. The summed E-state index contributed by atoms with van der Waals surface area (Å²) in [7, 11) is 1.60. The van der Waals surface area contributed by atoms with Gasteiger partial charge in [0.15, 0.2) is 11.5 Å². The predicted octanol–water partition coefficient (Wildman–Crippen LogP) is 3.40. The van der Waals surface area contributed by atoms with Gasteiger partial charge in [0.2, 0.25) is 0 Å². The molecule has 4 nitrogen and oxygen atoms in total. The normalized spacial score (nSPS) is 10.5. The third-order valence-corrected chi connectivity index (χ3v) is 3.31. The number of anilines is 1. The Hall–Kier alpha value is -2.75. The minimum Gasteiger partial charge on any atom is -0.493 e. The molecule has 0 saturated heterocycles. The first kappa shape index (κ1) is 13.2. The lowest BCUT2D eigenvalue weighted by atomic mass is 10.1. The number of para-hydroxylation sites is 1. The number of aromatic nitrogens is 1. The Balaban J connectivity index is 1.87. The van der Waals surface area contributed by atoms with Gasteiger partial charge in [-0.1, -0.05) is 18.2 Å². The first-order valence-corrected chi connectivity index (χ1v) is 6.67. The number of hydrogen-bond acceptors (Lipinski definition) is 4. The summed E-state index contributed by atoms with van der Waals surface area (Å²) >= 11 is 0. The van der Waals surface area contributed by atoms with Crippen LogP contribution in [0.3, 0.4) is 0 Å². The molecule has 2 aromatic carbocycles. The molecule has 0 radical (unpaired) electrons. The van der Waals surface area contributed by atoms with Crippen LogP contribution < -0.4 is 15.2 Å². The molecule has 0 aliphatic heterocycles. The second kappa shape index (κ2) is 5.71. The first-order valence-electron chi connectivity index (χ1n) is 6.67. The number of hydrogen-bond donors (Lipinski definition) is 1. The number of fused-ring (bicyclic) bond motifs is 1. The van der Waals surface area contributed by atoms with Gasteiger partial charge in [-0.2, -0.15) is 0 Å². The number of methoxy groups -OCH3 is 1. The molecule has 4 heteroatoms. The summed E-state index contributed by atoms with van der Waals surface area (Å²) in [5.41, 5.74) is 8.43. The van der Waals surface area contributed by atoms with Gasteiger partial charge in [-0.15, -0.1) is 0 Å². The zero-order valence-corrected chi connectivity index (χ0v) is 11.7. The zero-order valence-electron chi connectivity index (χ0n) is 11.7. The maximum atomic E-state index is 5.87. The summed E-state index contributed by atoms with van der Waals surface area (Å²) in [6.07, 6.45) is 1.79. The molecule has 1 aromatic heterocycles. The van der Waals surface area contributed by atoms with E-state index >= 15 is 0 Å². The number of nitrogens with zero attached hydrogens (tertiary/aromatic N) is 1. The van der Waals surface area contributed by atoms with Gasteiger partial charge in [0.25, 0.3) is 0 Å². The number of ether oxygens (including phenoxy) is 2. The highest BCUT2D eigenvalue weighted by molar-refractivity contribution is 5.81. The van der Waals surface area contributed by atoms with Crippen molar-refractivity contribution in [1.29, 1.82) is 0 Å². The van der Waals surface area contributed by atoms with Crippen molar-refractivity contribution in [3.05, 3.63) is 60.3 Å². The Morgan fingerprint density at radius 2 is 1.90 bits per heavy atom. The maximum absolute atomic E-state index is 5.87. The molecule has 0 unspecified atom stereocenters. The highest BCUT2D eigenvalue weighted by Gasteiger charge is 2.07. The number of rotatable bonds is 4. The SMILES string of the molecule is COc1cc(N)ccc1OCc1ccnc2ccccc12. The second-order valence-electron chi connectivity index (χ2n) is 4.69. The molecule has 0 spiro atoms. The van der Waals surface area contributed by atoms with Crippen LogP contribution in [-0.4, -0.2) is 12.1 Å².